The number of carbonyl (C=O) groups is 1. The van der Waals surface area contributed by atoms with E-state index in [0.29, 0.717) is 13.0 Å². The smallest absolute Gasteiger partial charge is 0.326 e. The Hall–Kier alpha value is -3.87. The van der Waals surface area contributed by atoms with Crippen molar-refractivity contribution >= 4 is 28.2 Å². The first kappa shape index (κ1) is 19.4. The standard InChI is InChI=1S/C23H21N3O4/c27-21-19(24-11-10-15-13-25-17-9-5-4-8-16(15)17)20(22(21)28)26-18(23(29)30)12-14-6-2-1-3-7-14/h1-9,13,18,24-26H,10-12H2,(H,29,30). The minimum Gasteiger partial charge on any atom is -0.480 e. The Bertz CT molecular complexity index is 1250. The molecule has 0 amide bonds. The molecule has 3 aromatic carbocycles. The lowest BCUT2D eigenvalue weighted by molar-refractivity contribution is -0.137. The maximum atomic E-state index is 12.0. The molecule has 0 aliphatic heterocycles. The lowest BCUT2D eigenvalue weighted by Gasteiger charge is -2.20. The Balaban J connectivity index is 1.44. The van der Waals surface area contributed by atoms with Crippen molar-refractivity contribution in [2.75, 3.05) is 17.2 Å². The summed E-state index contributed by atoms with van der Waals surface area (Å²) >= 11 is 0. The van der Waals surface area contributed by atoms with Gasteiger partial charge in [-0.2, -0.15) is 0 Å². The maximum absolute atomic E-state index is 12.0. The average Bonchev–Trinajstić information content (AvgIpc) is 3.18. The van der Waals surface area contributed by atoms with Crippen molar-refractivity contribution in [3.05, 3.63) is 92.4 Å². The molecule has 152 valence electrons. The molecule has 4 aromatic rings. The molecule has 0 bridgehead atoms. The van der Waals surface area contributed by atoms with Gasteiger partial charge in [0.25, 0.3) is 10.9 Å². The highest BCUT2D eigenvalue weighted by atomic mass is 16.4. The molecule has 0 saturated carbocycles. The van der Waals surface area contributed by atoms with Gasteiger partial charge in [0.2, 0.25) is 0 Å². The first-order chi connectivity index (χ1) is 14.5. The summed E-state index contributed by atoms with van der Waals surface area (Å²) in [5, 5.41) is 16.4. The monoisotopic (exact) mass is 403 g/mol. The minimum atomic E-state index is -1.09. The fourth-order valence-corrected chi connectivity index (χ4v) is 3.58. The van der Waals surface area contributed by atoms with E-state index in [1.807, 2.05) is 60.8 Å². The zero-order valence-corrected chi connectivity index (χ0v) is 16.1. The van der Waals surface area contributed by atoms with Crippen LogP contribution in [-0.2, 0) is 17.6 Å². The van der Waals surface area contributed by atoms with Crippen molar-refractivity contribution in [3.8, 4) is 0 Å². The zero-order chi connectivity index (χ0) is 21.1. The van der Waals surface area contributed by atoms with Crippen molar-refractivity contribution in [3.63, 3.8) is 0 Å². The summed E-state index contributed by atoms with van der Waals surface area (Å²) in [6.45, 7) is 0.442. The van der Waals surface area contributed by atoms with Crippen LogP contribution in [0.15, 0.2) is 70.4 Å². The third-order valence-corrected chi connectivity index (χ3v) is 5.18. The highest BCUT2D eigenvalue weighted by Crippen LogP contribution is 2.20. The molecule has 7 nitrogen and oxygen atoms in total. The van der Waals surface area contributed by atoms with Crippen molar-refractivity contribution in [1.82, 2.24) is 4.98 Å². The number of para-hydroxylation sites is 1. The SMILES string of the molecule is O=C(O)C(Cc1ccccc1)Nc1c(NCCc2c[nH]c3ccccc23)c(=O)c1=O. The van der Waals surface area contributed by atoms with Crippen LogP contribution in [0.4, 0.5) is 11.4 Å². The number of rotatable bonds is 9. The number of H-pyrrole nitrogens is 1. The third-order valence-electron chi connectivity index (χ3n) is 5.18. The Kier molecular flexibility index (Phi) is 5.34. The summed E-state index contributed by atoms with van der Waals surface area (Å²) in [7, 11) is 0. The van der Waals surface area contributed by atoms with Crippen LogP contribution in [0.2, 0.25) is 0 Å². The Labute approximate surface area is 172 Å². The second-order valence-electron chi connectivity index (χ2n) is 7.17. The minimum absolute atomic E-state index is 0.0438. The molecule has 0 radical (unpaired) electrons. The number of anilines is 2. The molecule has 0 aliphatic rings. The van der Waals surface area contributed by atoms with E-state index in [9.17, 15) is 19.5 Å². The van der Waals surface area contributed by atoms with Crippen LogP contribution < -0.4 is 21.5 Å². The molecular formula is C23H21N3O4. The second kappa shape index (κ2) is 8.24. The van der Waals surface area contributed by atoms with Gasteiger partial charge in [-0.3, -0.25) is 9.59 Å². The predicted octanol–water partition coefficient (Wildman–Crippen LogP) is 2.53. The Morgan fingerprint density at radius 2 is 1.67 bits per heavy atom. The molecule has 1 heterocycles. The fourth-order valence-electron chi connectivity index (χ4n) is 3.58. The number of hydrogen-bond donors (Lipinski definition) is 4. The molecule has 0 aliphatic carbocycles. The van der Waals surface area contributed by atoms with Gasteiger partial charge >= 0.3 is 5.97 Å². The first-order valence-electron chi connectivity index (χ1n) is 9.70. The lowest BCUT2D eigenvalue weighted by Crippen LogP contribution is -2.42. The van der Waals surface area contributed by atoms with Gasteiger partial charge < -0.3 is 20.7 Å². The number of carboxylic acid groups (broad SMARTS) is 1. The third kappa shape index (κ3) is 3.82. The Morgan fingerprint density at radius 3 is 2.43 bits per heavy atom. The maximum Gasteiger partial charge on any atom is 0.326 e. The summed E-state index contributed by atoms with van der Waals surface area (Å²) in [4.78, 5) is 38.9. The molecule has 1 aromatic heterocycles. The highest BCUT2D eigenvalue weighted by molar-refractivity contribution is 5.84. The lowest BCUT2D eigenvalue weighted by atomic mass is 10.0. The average molecular weight is 403 g/mol. The highest BCUT2D eigenvalue weighted by Gasteiger charge is 2.26. The van der Waals surface area contributed by atoms with Gasteiger partial charge in [0.1, 0.15) is 17.4 Å². The summed E-state index contributed by atoms with van der Waals surface area (Å²) < 4.78 is 0. The predicted molar refractivity (Wildman–Crippen MR) is 117 cm³/mol. The van der Waals surface area contributed by atoms with Gasteiger partial charge in [0, 0.05) is 30.1 Å². The van der Waals surface area contributed by atoms with Gasteiger partial charge in [-0.1, -0.05) is 48.5 Å². The molecule has 7 heteroatoms. The second-order valence-corrected chi connectivity index (χ2v) is 7.17. The summed E-state index contributed by atoms with van der Waals surface area (Å²) in [6.07, 6.45) is 2.77. The van der Waals surface area contributed by atoms with E-state index in [1.165, 1.54) is 0 Å². The number of nitrogens with one attached hydrogen (secondary N) is 3. The van der Waals surface area contributed by atoms with Crippen molar-refractivity contribution in [2.24, 2.45) is 0 Å². The van der Waals surface area contributed by atoms with E-state index in [-0.39, 0.29) is 17.8 Å². The van der Waals surface area contributed by atoms with Gasteiger partial charge in [-0.15, -0.1) is 0 Å². The fraction of sp³-hybridized carbons (Fsp3) is 0.174. The quantitative estimate of drug-likeness (QED) is 0.320. The number of fused-ring (bicyclic) bond motifs is 1. The molecule has 1 atom stereocenters. The number of aromatic nitrogens is 1. The summed E-state index contributed by atoms with van der Waals surface area (Å²) in [5.74, 6) is -1.09. The van der Waals surface area contributed by atoms with E-state index < -0.39 is 22.9 Å². The van der Waals surface area contributed by atoms with Gasteiger partial charge in [-0.05, 0) is 23.6 Å². The van der Waals surface area contributed by atoms with Crippen molar-refractivity contribution in [1.29, 1.82) is 0 Å². The molecule has 4 rings (SSSR count). The van der Waals surface area contributed by atoms with E-state index in [4.69, 9.17) is 0 Å². The van der Waals surface area contributed by atoms with Crippen LogP contribution in [0.3, 0.4) is 0 Å². The van der Waals surface area contributed by atoms with Gasteiger partial charge in [0.15, 0.2) is 0 Å². The first-order valence-corrected chi connectivity index (χ1v) is 9.70. The Morgan fingerprint density at radius 1 is 0.967 bits per heavy atom. The zero-order valence-electron chi connectivity index (χ0n) is 16.1. The molecule has 0 spiro atoms. The number of carboxylic acids is 1. The number of aliphatic carboxylic acids is 1. The summed E-state index contributed by atoms with van der Waals surface area (Å²) in [5.41, 5.74) is 1.84. The van der Waals surface area contributed by atoms with Crippen LogP contribution in [0.25, 0.3) is 10.9 Å². The van der Waals surface area contributed by atoms with E-state index in [0.717, 1.165) is 22.0 Å². The summed E-state index contributed by atoms with van der Waals surface area (Å²) in [6, 6.07) is 16.0. The number of hydrogen-bond acceptors (Lipinski definition) is 5. The normalized spacial score (nSPS) is 12.1. The van der Waals surface area contributed by atoms with E-state index >= 15 is 0 Å². The van der Waals surface area contributed by atoms with Crippen molar-refractivity contribution in [2.45, 2.75) is 18.9 Å². The largest absolute Gasteiger partial charge is 0.480 e. The molecule has 0 saturated heterocycles. The molecule has 30 heavy (non-hydrogen) atoms. The molecule has 4 N–H and O–H groups in total. The van der Waals surface area contributed by atoms with E-state index in [1.54, 1.807) is 0 Å². The van der Waals surface area contributed by atoms with Crippen LogP contribution in [0.5, 0.6) is 0 Å². The molecule has 1 unspecified atom stereocenters. The van der Waals surface area contributed by atoms with E-state index in [2.05, 4.69) is 15.6 Å². The van der Waals surface area contributed by atoms with Crippen LogP contribution >= 0.6 is 0 Å². The van der Waals surface area contributed by atoms with Crippen LogP contribution in [0.1, 0.15) is 11.1 Å². The van der Waals surface area contributed by atoms with Gasteiger partial charge in [-0.25, -0.2) is 4.79 Å². The van der Waals surface area contributed by atoms with Crippen LogP contribution in [0, 0.1) is 0 Å². The topological polar surface area (TPSA) is 111 Å². The van der Waals surface area contributed by atoms with Gasteiger partial charge in [0.05, 0.1) is 0 Å². The van der Waals surface area contributed by atoms with Crippen molar-refractivity contribution < 1.29 is 9.90 Å². The molecule has 0 fully saturated rings. The molecular weight excluding hydrogens is 382 g/mol. The van der Waals surface area contributed by atoms with Crippen LogP contribution in [-0.4, -0.2) is 28.6 Å². The number of aromatic amines is 1. The number of benzene rings is 2.